The molecular weight excluding hydrogens is 401 g/mol. The summed E-state index contributed by atoms with van der Waals surface area (Å²) in [7, 11) is -1.65. The van der Waals surface area contributed by atoms with Crippen molar-refractivity contribution in [1.82, 2.24) is 10.2 Å². The molecule has 0 spiro atoms. The predicted molar refractivity (Wildman–Crippen MR) is 117 cm³/mol. The molecule has 1 fully saturated rings. The van der Waals surface area contributed by atoms with E-state index in [2.05, 4.69) is 17.1 Å². The first-order chi connectivity index (χ1) is 14.3. The van der Waals surface area contributed by atoms with Crippen molar-refractivity contribution in [1.29, 1.82) is 0 Å². The van der Waals surface area contributed by atoms with Crippen LogP contribution in [0.15, 0.2) is 52.3 Å². The summed E-state index contributed by atoms with van der Waals surface area (Å²) in [6.45, 7) is 9.47. The first kappa shape index (κ1) is 21.2. The molecule has 1 N–H and O–H groups in total. The fourth-order valence-electron chi connectivity index (χ4n) is 4.34. The average Bonchev–Trinajstić information content (AvgIpc) is 2.98. The third-order valence-corrected chi connectivity index (χ3v) is 7.31. The van der Waals surface area contributed by atoms with E-state index in [4.69, 9.17) is 0 Å². The Morgan fingerprint density at radius 2 is 2.00 bits per heavy atom. The third kappa shape index (κ3) is 4.06. The van der Waals surface area contributed by atoms with Crippen molar-refractivity contribution in [3.63, 3.8) is 0 Å². The van der Waals surface area contributed by atoms with Crippen LogP contribution in [0.2, 0.25) is 0 Å². The number of amides is 1. The van der Waals surface area contributed by atoms with Gasteiger partial charge in [-0.2, -0.15) is 0 Å². The van der Waals surface area contributed by atoms with Gasteiger partial charge in [0.2, 0.25) is 5.91 Å². The summed E-state index contributed by atoms with van der Waals surface area (Å²) in [5.74, 6) is -0.492. The van der Waals surface area contributed by atoms with E-state index in [1.807, 2.05) is 19.9 Å². The Labute approximate surface area is 179 Å². The first-order valence-electron chi connectivity index (χ1n) is 10.3. The molecule has 0 aliphatic carbocycles. The zero-order valence-corrected chi connectivity index (χ0v) is 18.5. The van der Waals surface area contributed by atoms with Crippen molar-refractivity contribution in [2.24, 2.45) is 0 Å². The van der Waals surface area contributed by atoms with Crippen molar-refractivity contribution in [2.75, 3.05) is 37.6 Å². The van der Waals surface area contributed by atoms with Crippen LogP contribution in [0, 0.1) is 5.82 Å². The van der Waals surface area contributed by atoms with E-state index in [0.717, 1.165) is 25.2 Å². The maximum atomic E-state index is 15.0. The third-order valence-electron chi connectivity index (χ3n) is 5.89. The standard InChI is InChI=1S/C23H28FN3O2S/c1-16-13-26(10-9-25-16)14-22(28)27-15-23(2,3)18-11-19(24)21(12-20(18)27)30(29)17-7-5-4-6-8-17/h4-8,11-12,16,25H,9-10,13-15H2,1-3H3/t16-,30?/m1/s1. The molecule has 160 valence electrons. The van der Waals surface area contributed by atoms with E-state index in [1.165, 1.54) is 6.07 Å². The fraction of sp³-hybridized carbons (Fsp3) is 0.435. The fourth-order valence-corrected chi connectivity index (χ4v) is 5.45. The normalized spacial score (nSPS) is 22.0. The van der Waals surface area contributed by atoms with Gasteiger partial charge in [-0.25, -0.2) is 8.60 Å². The van der Waals surface area contributed by atoms with Crippen molar-refractivity contribution < 1.29 is 13.4 Å². The highest BCUT2D eigenvalue weighted by molar-refractivity contribution is 7.85. The van der Waals surface area contributed by atoms with E-state index < -0.39 is 16.6 Å². The molecule has 1 unspecified atom stereocenters. The highest BCUT2D eigenvalue weighted by Gasteiger charge is 2.39. The molecule has 30 heavy (non-hydrogen) atoms. The van der Waals surface area contributed by atoms with Crippen molar-refractivity contribution in [2.45, 2.75) is 42.0 Å². The van der Waals surface area contributed by atoms with Crippen LogP contribution in [0.5, 0.6) is 0 Å². The number of anilines is 1. The molecule has 0 saturated carbocycles. The Morgan fingerprint density at radius 1 is 1.27 bits per heavy atom. The lowest BCUT2D eigenvalue weighted by atomic mass is 9.87. The van der Waals surface area contributed by atoms with Gasteiger partial charge in [0.1, 0.15) is 5.82 Å². The van der Waals surface area contributed by atoms with Crippen LogP contribution >= 0.6 is 0 Å². The summed E-state index contributed by atoms with van der Waals surface area (Å²) in [4.78, 5) is 17.8. The summed E-state index contributed by atoms with van der Waals surface area (Å²) in [5.41, 5.74) is 1.10. The van der Waals surface area contributed by atoms with Gasteiger partial charge < -0.3 is 10.2 Å². The van der Waals surface area contributed by atoms with Gasteiger partial charge in [0.05, 0.1) is 22.2 Å². The van der Waals surface area contributed by atoms with E-state index in [0.29, 0.717) is 29.7 Å². The van der Waals surface area contributed by atoms with Crippen molar-refractivity contribution in [3.05, 3.63) is 53.8 Å². The Bertz CT molecular complexity index is 980. The summed E-state index contributed by atoms with van der Waals surface area (Å²) >= 11 is 0. The van der Waals surface area contributed by atoms with Crippen LogP contribution in [0.1, 0.15) is 26.3 Å². The molecule has 2 aromatic rings. The van der Waals surface area contributed by atoms with Gasteiger partial charge in [-0.3, -0.25) is 9.69 Å². The topological polar surface area (TPSA) is 52.7 Å². The summed E-state index contributed by atoms with van der Waals surface area (Å²) in [5, 5.41) is 3.38. The van der Waals surface area contributed by atoms with Crippen LogP contribution < -0.4 is 10.2 Å². The van der Waals surface area contributed by atoms with Crippen LogP contribution in [0.25, 0.3) is 0 Å². The van der Waals surface area contributed by atoms with Gasteiger partial charge in [0, 0.05) is 48.2 Å². The number of nitrogens with one attached hydrogen (secondary N) is 1. The number of fused-ring (bicyclic) bond motifs is 1. The Balaban J connectivity index is 1.65. The molecule has 1 amide bonds. The monoisotopic (exact) mass is 429 g/mol. The maximum absolute atomic E-state index is 15.0. The number of halogens is 1. The van der Waals surface area contributed by atoms with E-state index in [-0.39, 0.29) is 16.2 Å². The molecule has 0 aromatic heterocycles. The van der Waals surface area contributed by atoms with Gasteiger partial charge in [-0.1, -0.05) is 32.0 Å². The van der Waals surface area contributed by atoms with Crippen LogP contribution in [0.3, 0.4) is 0 Å². The van der Waals surface area contributed by atoms with Crippen LogP contribution in [0.4, 0.5) is 10.1 Å². The maximum Gasteiger partial charge on any atom is 0.241 e. The summed E-state index contributed by atoms with van der Waals surface area (Å²) in [6, 6.07) is 12.3. The number of hydrogen-bond acceptors (Lipinski definition) is 4. The van der Waals surface area contributed by atoms with Gasteiger partial charge >= 0.3 is 0 Å². The highest BCUT2D eigenvalue weighted by Crippen LogP contribution is 2.42. The Hall–Kier alpha value is -2.09. The smallest absolute Gasteiger partial charge is 0.241 e. The number of rotatable bonds is 4. The lowest BCUT2D eigenvalue weighted by Crippen LogP contribution is -2.52. The van der Waals surface area contributed by atoms with Crippen molar-refractivity contribution >= 4 is 22.4 Å². The van der Waals surface area contributed by atoms with Gasteiger partial charge in [-0.05, 0) is 36.8 Å². The lowest BCUT2D eigenvalue weighted by molar-refractivity contribution is -0.120. The molecule has 5 nitrogen and oxygen atoms in total. The second kappa shape index (κ2) is 8.21. The number of benzene rings is 2. The van der Waals surface area contributed by atoms with E-state index in [1.54, 1.807) is 35.2 Å². The van der Waals surface area contributed by atoms with E-state index >= 15 is 0 Å². The molecular formula is C23H28FN3O2S. The molecule has 2 aliphatic heterocycles. The lowest BCUT2D eigenvalue weighted by Gasteiger charge is -2.32. The van der Waals surface area contributed by atoms with Gasteiger partial charge in [0.25, 0.3) is 0 Å². The molecule has 0 radical (unpaired) electrons. The average molecular weight is 430 g/mol. The van der Waals surface area contributed by atoms with Crippen LogP contribution in [-0.2, 0) is 21.0 Å². The quantitative estimate of drug-likeness (QED) is 0.812. The SMILES string of the molecule is C[C@@H]1CN(CC(=O)N2CC(C)(C)c3cc(F)c(S(=O)c4ccccc4)cc32)CCN1. The Morgan fingerprint density at radius 3 is 2.70 bits per heavy atom. The van der Waals surface area contributed by atoms with Gasteiger partial charge in [0.15, 0.2) is 0 Å². The van der Waals surface area contributed by atoms with E-state index in [9.17, 15) is 13.4 Å². The zero-order chi connectivity index (χ0) is 21.5. The second-order valence-corrected chi connectivity index (χ2v) is 10.3. The largest absolute Gasteiger partial charge is 0.312 e. The molecule has 2 heterocycles. The number of nitrogens with zero attached hydrogens (tertiary/aromatic N) is 2. The number of hydrogen-bond donors (Lipinski definition) is 1. The molecule has 4 rings (SSSR count). The first-order valence-corrected chi connectivity index (χ1v) is 11.5. The zero-order valence-electron chi connectivity index (χ0n) is 17.7. The molecule has 2 aromatic carbocycles. The minimum absolute atomic E-state index is 0.000948. The van der Waals surface area contributed by atoms with Crippen LogP contribution in [-0.4, -0.2) is 53.8 Å². The molecule has 2 atom stereocenters. The second-order valence-electron chi connectivity index (χ2n) is 8.84. The molecule has 2 aliphatic rings. The molecule has 7 heteroatoms. The minimum atomic E-state index is -1.65. The summed E-state index contributed by atoms with van der Waals surface area (Å²) < 4.78 is 28.0. The predicted octanol–water partition coefficient (Wildman–Crippen LogP) is 2.91. The Kier molecular flexibility index (Phi) is 5.79. The molecule has 0 bridgehead atoms. The minimum Gasteiger partial charge on any atom is -0.312 e. The number of carbonyl (C=O) groups is 1. The number of carbonyl (C=O) groups excluding carboxylic acids is 1. The molecule has 1 saturated heterocycles. The number of piperazine rings is 1. The summed E-state index contributed by atoms with van der Waals surface area (Å²) in [6.07, 6.45) is 0. The van der Waals surface area contributed by atoms with Crippen molar-refractivity contribution in [3.8, 4) is 0 Å². The highest BCUT2D eigenvalue weighted by atomic mass is 32.2. The van der Waals surface area contributed by atoms with Gasteiger partial charge in [-0.15, -0.1) is 0 Å².